The van der Waals surface area contributed by atoms with Crippen LogP contribution < -0.4 is 0 Å². The minimum atomic E-state index is -4.45. The average Bonchev–Trinajstić information content (AvgIpc) is 2.99. The van der Waals surface area contributed by atoms with Crippen molar-refractivity contribution in [2.75, 3.05) is 13.1 Å². The number of aromatic nitrogens is 1. The molecule has 1 heterocycles. The van der Waals surface area contributed by atoms with Crippen LogP contribution in [0.1, 0.15) is 10.4 Å². The van der Waals surface area contributed by atoms with Crippen molar-refractivity contribution >= 4 is 5.91 Å². The highest BCUT2D eigenvalue weighted by Gasteiger charge is 2.32. The fraction of sp³-hybridized carbons (Fsp3) is 0.188. The van der Waals surface area contributed by atoms with Crippen LogP contribution >= 0.6 is 0 Å². The van der Waals surface area contributed by atoms with Gasteiger partial charge in [-0.15, -0.1) is 6.58 Å². The molecule has 0 aliphatic heterocycles. The van der Waals surface area contributed by atoms with Gasteiger partial charge in [-0.1, -0.05) is 12.1 Å². The lowest BCUT2D eigenvalue weighted by atomic mass is 10.1. The second-order valence-corrected chi connectivity index (χ2v) is 4.73. The number of halogens is 3. The second-order valence-electron chi connectivity index (χ2n) is 4.73. The van der Waals surface area contributed by atoms with Crippen LogP contribution in [0.15, 0.2) is 61.4 Å². The fourth-order valence-electron chi connectivity index (χ4n) is 2.08. The van der Waals surface area contributed by atoms with Gasteiger partial charge in [-0.2, -0.15) is 13.2 Å². The molecule has 3 nitrogen and oxygen atoms in total. The molecule has 22 heavy (non-hydrogen) atoms. The molecule has 2 aromatic rings. The van der Waals surface area contributed by atoms with Crippen LogP contribution in [0.3, 0.4) is 0 Å². The summed E-state index contributed by atoms with van der Waals surface area (Å²) in [4.78, 5) is 13.0. The van der Waals surface area contributed by atoms with E-state index < -0.39 is 18.6 Å². The average molecular weight is 308 g/mol. The third-order valence-corrected chi connectivity index (χ3v) is 3.00. The van der Waals surface area contributed by atoms with E-state index in [0.29, 0.717) is 5.69 Å². The Morgan fingerprint density at radius 3 is 2.50 bits per heavy atom. The van der Waals surface area contributed by atoms with E-state index in [-0.39, 0.29) is 12.1 Å². The molecule has 0 unspecified atom stereocenters. The van der Waals surface area contributed by atoms with Gasteiger partial charge in [-0.3, -0.25) is 4.79 Å². The van der Waals surface area contributed by atoms with Crippen molar-refractivity contribution in [3.8, 4) is 5.69 Å². The summed E-state index contributed by atoms with van der Waals surface area (Å²) in [5.74, 6) is -0.675. The number of carbonyl (C=O) groups is 1. The molecule has 2 rings (SSSR count). The highest BCUT2D eigenvalue weighted by atomic mass is 19.4. The van der Waals surface area contributed by atoms with Gasteiger partial charge in [0.15, 0.2) is 0 Å². The summed E-state index contributed by atoms with van der Waals surface area (Å²) in [7, 11) is 0. The number of alkyl halides is 3. The minimum Gasteiger partial charge on any atom is -0.326 e. The summed E-state index contributed by atoms with van der Waals surface area (Å²) in [5, 5.41) is 0. The van der Waals surface area contributed by atoms with Crippen LogP contribution in [0.5, 0.6) is 0 Å². The molecule has 0 atom stereocenters. The number of benzene rings is 1. The van der Waals surface area contributed by atoms with E-state index in [1.807, 2.05) is 12.1 Å². The Hall–Kier alpha value is -2.50. The molecule has 0 fully saturated rings. The van der Waals surface area contributed by atoms with Crippen molar-refractivity contribution in [1.82, 2.24) is 9.47 Å². The van der Waals surface area contributed by atoms with Crippen LogP contribution in [0.4, 0.5) is 13.2 Å². The normalized spacial score (nSPS) is 11.2. The molecule has 0 saturated heterocycles. The van der Waals surface area contributed by atoms with Crippen molar-refractivity contribution in [1.29, 1.82) is 0 Å². The van der Waals surface area contributed by atoms with Gasteiger partial charge in [0, 0.05) is 30.2 Å². The Kier molecular flexibility index (Phi) is 4.70. The number of nitrogens with zero attached hydrogens (tertiary/aromatic N) is 2. The van der Waals surface area contributed by atoms with Gasteiger partial charge >= 0.3 is 6.18 Å². The quantitative estimate of drug-likeness (QED) is 0.774. The molecule has 0 bridgehead atoms. The lowest BCUT2D eigenvalue weighted by Gasteiger charge is -2.22. The third-order valence-electron chi connectivity index (χ3n) is 3.00. The number of hydrogen-bond acceptors (Lipinski definition) is 1. The first-order valence-corrected chi connectivity index (χ1v) is 6.61. The molecule has 0 aliphatic carbocycles. The molecule has 0 saturated carbocycles. The number of rotatable bonds is 5. The maximum absolute atomic E-state index is 12.6. The molecular formula is C16H15F3N2O. The lowest BCUT2D eigenvalue weighted by molar-refractivity contribution is -0.139. The summed E-state index contributed by atoms with van der Waals surface area (Å²) in [6, 6.07) is 10.1. The fourth-order valence-corrected chi connectivity index (χ4v) is 2.08. The molecule has 0 N–H and O–H groups in total. The Balaban J connectivity index is 2.27. The van der Waals surface area contributed by atoms with E-state index in [9.17, 15) is 18.0 Å². The molecule has 1 aromatic heterocycles. The van der Waals surface area contributed by atoms with E-state index in [1.54, 1.807) is 35.2 Å². The Morgan fingerprint density at radius 1 is 1.23 bits per heavy atom. The van der Waals surface area contributed by atoms with E-state index in [4.69, 9.17) is 0 Å². The zero-order chi connectivity index (χ0) is 16.2. The SMILES string of the molecule is C=CCN(CC(F)(F)F)C(=O)c1cccc(-n2cccc2)c1. The van der Waals surface area contributed by atoms with Gasteiger partial charge in [0.2, 0.25) is 0 Å². The number of carbonyl (C=O) groups excluding carboxylic acids is 1. The molecule has 0 radical (unpaired) electrons. The van der Waals surface area contributed by atoms with Crippen LogP contribution in [0.2, 0.25) is 0 Å². The predicted molar refractivity (Wildman–Crippen MR) is 77.9 cm³/mol. The zero-order valence-corrected chi connectivity index (χ0v) is 11.8. The number of amides is 1. The van der Waals surface area contributed by atoms with E-state index in [2.05, 4.69) is 6.58 Å². The lowest BCUT2D eigenvalue weighted by Crippen LogP contribution is -2.39. The molecular weight excluding hydrogens is 293 g/mol. The van der Waals surface area contributed by atoms with Gasteiger partial charge in [-0.05, 0) is 30.3 Å². The van der Waals surface area contributed by atoms with Crippen LogP contribution in [-0.4, -0.2) is 34.6 Å². The first-order chi connectivity index (χ1) is 10.4. The van der Waals surface area contributed by atoms with Gasteiger partial charge in [0.25, 0.3) is 5.91 Å². The molecule has 0 aliphatic rings. The summed E-state index contributed by atoms with van der Waals surface area (Å²) in [6.07, 6.45) is 0.414. The largest absolute Gasteiger partial charge is 0.406 e. The zero-order valence-electron chi connectivity index (χ0n) is 11.8. The van der Waals surface area contributed by atoms with Crippen molar-refractivity contribution in [2.24, 2.45) is 0 Å². The van der Waals surface area contributed by atoms with Gasteiger partial charge < -0.3 is 9.47 Å². The number of hydrogen-bond donors (Lipinski definition) is 0. The summed E-state index contributed by atoms with van der Waals surface area (Å²) in [5.41, 5.74) is 0.915. The molecule has 116 valence electrons. The Labute approximate surface area is 126 Å². The van der Waals surface area contributed by atoms with Crippen molar-refractivity contribution in [3.63, 3.8) is 0 Å². The minimum absolute atomic E-state index is 0.161. The summed E-state index contributed by atoms with van der Waals surface area (Å²) < 4.78 is 39.5. The van der Waals surface area contributed by atoms with Crippen LogP contribution in [0, 0.1) is 0 Å². The van der Waals surface area contributed by atoms with Crippen molar-refractivity contribution in [2.45, 2.75) is 6.18 Å². The maximum Gasteiger partial charge on any atom is 0.406 e. The first-order valence-electron chi connectivity index (χ1n) is 6.61. The molecule has 1 amide bonds. The molecule has 6 heteroatoms. The topological polar surface area (TPSA) is 25.2 Å². The van der Waals surface area contributed by atoms with Crippen molar-refractivity contribution in [3.05, 3.63) is 67.0 Å². The first kappa shape index (κ1) is 15.9. The van der Waals surface area contributed by atoms with Crippen LogP contribution in [-0.2, 0) is 0 Å². The summed E-state index contributed by atoms with van der Waals surface area (Å²) >= 11 is 0. The molecule has 0 spiro atoms. The van der Waals surface area contributed by atoms with Gasteiger partial charge in [0.1, 0.15) is 6.54 Å². The van der Waals surface area contributed by atoms with Crippen LogP contribution in [0.25, 0.3) is 5.69 Å². The van der Waals surface area contributed by atoms with E-state index >= 15 is 0 Å². The second kappa shape index (κ2) is 6.51. The van der Waals surface area contributed by atoms with Crippen molar-refractivity contribution < 1.29 is 18.0 Å². The monoisotopic (exact) mass is 308 g/mol. The smallest absolute Gasteiger partial charge is 0.326 e. The van der Waals surface area contributed by atoms with E-state index in [0.717, 1.165) is 4.90 Å². The highest BCUT2D eigenvalue weighted by molar-refractivity contribution is 5.94. The van der Waals surface area contributed by atoms with E-state index in [1.165, 1.54) is 12.1 Å². The van der Waals surface area contributed by atoms with Gasteiger partial charge in [0.05, 0.1) is 0 Å². The Morgan fingerprint density at radius 2 is 1.91 bits per heavy atom. The Bertz CT molecular complexity index is 648. The highest BCUT2D eigenvalue weighted by Crippen LogP contribution is 2.19. The standard InChI is InChI=1S/C16H15F3N2O/c1-2-8-21(12-16(17,18)19)15(22)13-6-5-7-14(11-13)20-9-3-4-10-20/h2-7,9-11H,1,8,12H2. The van der Waals surface area contributed by atoms with Gasteiger partial charge in [-0.25, -0.2) is 0 Å². The molecule has 1 aromatic carbocycles. The predicted octanol–water partition coefficient (Wildman–Crippen LogP) is 3.67. The third kappa shape index (κ3) is 4.00. The maximum atomic E-state index is 12.6. The summed E-state index contributed by atoms with van der Waals surface area (Å²) in [6.45, 7) is 1.94.